The summed E-state index contributed by atoms with van der Waals surface area (Å²) < 4.78 is 0. The lowest BCUT2D eigenvalue weighted by molar-refractivity contribution is 0.217. The van der Waals surface area contributed by atoms with Crippen LogP contribution in [0.2, 0.25) is 0 Å². The van der Waals surface area contributed by atoms with Gasteiger partial charge in [-0.3, -0.25) is 4.90 Å². The van der Waals surface area contributed by atoms with E-state index in [0.29, 0.717) is 16.5 Å². The number of rotatable bonds is 4. The van der Waals surface area contributed by atoms with Crippen LogP contribution in [0.1, 0.15) is 5.82 Å². The minimum absolute atomic E-state index is 0.139. The van der Waals surface area contributed by atoms with Gasteiger partial charge in [0.25, 0.3) is 0 Å². The Hall–Kier alpha value is -1.96. The van der Waals surface area contributed by atoms with E-state index in [-0.39, 0.29) is 18.2 Å². The van der Waals surface area contributed by atoms with Crippen molar-refractivity contribution in [1.29, 1.82) is 0 Å². The molecule has 9 heteroatoms. The van der Waals surface area contributed by atoms with Gasteiger partial charge in [0.05, 0.1) is 11.5 Å². The topological polar surface area (TPSA) is 105 Å². The van der Waals surface area contributed by atoms with E-state index < -0.39 is 6.03 Å². The Balaban J connectivity index is 3.11. The van der Waals surface area contributed by atoms with Crippen molar-refractivity contribution in [3.8, 4) is 0 Å². The number of nitroso groups, excluding NO2 is 1. The van der Waals surface area contributed by atoms with Gasteiger partial charge in [-0.15, -0.1) is 16.5 Å². The molecule has 1 heterocycles. The molecular weight excluding hydrogens is 260 g/mol. The van der Waals surface area contributed by atoms with Gasteiger partial charge in [0.1, 0.15) is 11.5 Å². The first-order valence-corrected chi connectivity index (χ1v) is 5.58. The maximum Gasteiger partial charge on any atom is 0.347 e. The molecule has 1 aromatic heterocycles. The number of amides is 2. The molecule has 2 N–H and O–H groups in total. The Morgan fingerprint density at radius 2 is 2.28 bits per heavy atom. The first-order valence-electron chi connectivity index (χ1n) is 5.04. The smallest absolute Gasteiger partial charge is 0.347 e. The maximum absolute atomic E-state index is 11.9. The normalized spacial score (nSPS) is 9.94. The number of anilines is 2. The predicted molar refractivity (Wildman–Crippen MR) is 68.2 cm³/mol. The van der Waals surface area contributed by atoms with Crippen molar-refractivity contribution in [3.63, 3.8) is 0 Å². The van der Waals surface area contributed by atoms with Crippen molar-refractivity contribution in [1.82, 2.24) is 15.0 Å². The van der Waals surface area contributed by atoms with Crippen LogP contribution < -0.4 is 10.6 Å². The summed E-state index contributed by atoms with van der Waals surface area (Å²) in [5.74, 6) is 0.794. The molecule has 0 aliphatic rings. The zero-order chi connectivity index (χ0) is 13.7. The second kappa shape index (κ2) is 6.10. The fourth-order valence-corrected chi connectivity index (χ4v) is 1.47. The van der Waals surface area contributed by atoms with Crippen LogP contribution in [0, 0.1) is 11.8 Å². The van der Waals surface area contributed by atoms with E-state index >= 15 is 0 Å². The number of halogens is 1. The highest BCUT2D eigenvalue weighted by atomic mass is 35.5. The standard InChI is InChI=1S/C9H13ClN6O2/c1-6-12-5-7(8(11)13-6)16(4-3-10)9(17)15(2)14-18/h5H,3-4H2,1-2H3,(H2,11,12,13). The molecule has 98 valence electrons. The van der Waals surface area contributed by atoms with Gasteiger partial charge in [0, 0.05) is 19.5 Å². The fourth-order valence-electron chi connectivity index (χ4n) is 1.30. The molecule has 0 aromatic carbocycles. The number of hydrogen-bond acceptors (Lipinski definition) is 6. The lowest BCUT2D eigenvalue weighted by atomic mass is 10.4. The zero-order valence-electron chi connectivity index (χ0n) is 10.00. The number of aryl methyl sites for hydroxylation is 1. The number of alkyl halides is 1. The van der Waals surface area contributed by atoms with Crippen molar-refractivity contribution in [3.05, 3.63) is 16.9 Å². The van der Waals surface area contributed by atoms with Crippen molar-refractivity contribution < 1.29 is 4.79 Å². The van der Waals surface area contributed by atoms with Gasteiger partial charge in [-0.25, -0.2) is 14.8 Å². The molecule has 0 unspecified atom stereocenters. The lowest BCUT2D eigenvalue weighted by Gasteiger charge is -2.23. The quantitative estimate of drug-likeness (QED) is 0.503. The van der Waals surface area contributed by atoms with Gasteiger partial charge < -0.3 is 5.73 Å². The Morgan fingerprint density at radius 1 is 1.61 bits per heavy atom. The molecule has 0 aliphatic heterocycles. The molecule has 0 saturated heterocycles. The Bertz CT molecular complexity index is 455. The van der Waals surface area contributed by atoms with Gasteiger partial charge >= 0.3 is 6.03 Å². The number of carbonyl (C=O) groups is 1. The summed E-state index contributed by atoms with van der Waals surface area (Å²) in [6, 6.07) is -0.648. The molecule has 0 fully saturated rings. The molecule has 0 aliphatic carbocycles. The fraction of sp³-hybridized carbons (Fsp3) is 0.444. The Labute approximate surface area is 109 Å². The third-order valence-electron chi connectivity index (χ3n) is 2.15. The van der Waals surface area contributed by atoms with Gasteiger partial charge in [-0.05, 0) is 6.92 Å². The molecule has 8 nitrogen and oxygen atoms in total. The molecule has 18 heavy (non-hydrogen) atoms. The molecule has 0 spiro atoms. The summed E-state index contributed by atoms with van der Waals surface area (Å²) in [5, 5.41) is 3.18. The molecule has 1 rings (SSSR count). The minimum Gasteiger partial charge on any atom is -0.382 e. The second-order valence-electron chi connectivity index (χ2n) is 3.42. The number of urea groups is 1. The van der Waals surface area contributed by atoms with Crippen LogP contribution in [-0.2, 0) is 0 Å². The molecular formula is C9H13ClN6O2. The summed E-state index contributed by atoms with van der Waals surface area (Å²) >= 11 is 5.62. The van der Waals surface area contributed by atoms with Crippen molar-refractivity contribution in [2.24, 2.45) is 5.29 Å². The first-order chi connectivity index (χ1) is 8.51. The minimum atomic E-state index is -0.648. The van der Waals surface area contributed by atoms with E-state index in [2.05, 4.69) is 15.3 Å². The summed E-state index contributed by atoms with van der Waals surface area (Å²) in [6.45, 7) is 1.84. The molecule has 1 aromatic rings. The monoisotopic (exact) mass is 272 g/mol. The highest BCUT2D eigenvalue weighted by Gasteiger charge is 2.22. The van der Waals surface area contributed by atoms with Crippen molar-refractivity contribution >= 4 is 29.1 Å². The maximum atomic E-state index is 11.9. The number of nitrogen functional groups attached to an aromatic ring is 1. The van der Waals surface area contributed by atoms with E-state index in [1.165, 1.54) is 18.1 Å². The van der Waals surface area contributed by atoms with Crippen LogP contribution in [0.15, 0.2) is 11.5 Å². The summed E-state index contributed by atoms with van der Waals surface area (Å²) in [5.41, 5.74) is 6.01. The number of hydrogen-bond donors (Lipinski definition) is 1. The SMILES string of the molecule is Cc1ncc(N(CCCl)C(=O)N(C)N=O)c(N)n1. The van der Waals surface area contributed by atoms with Gasteiger partial charge in [0.2, 0.25) is 0 Å². The lowest BCUT2D eigenvalue weighted by Crippen LogP contribution is -2.40. The largest absolute Gasteiger partial charge is 0.382 e. The molecule has 0 atom stereocenters. The van der Waals surface area contributed by atoms with Crippen molar-refractivity contribution in [2.45, 2.75) is 6.92 Å². The summed E-state index contributed by atoms with van der Waals surface area (Å²) in [7, 11) is 1.24. The van der Waals surface area contributed by atoms with Crippen LogP contribution in [0.25, 0.3) is 0 Å². The first kappa shape index (κ1) is 14.1. The van der Waals surface area contributed by atoms with E-state index in [0.717, 1.165) is 0 Å². The van der Waals surface area contributed by atoms with E-state index in [1.54, 1.807) is 6.92 Å². The third-order valence-corrected chi connectivity index (χ3v) is 2.32. The number of carbonyl (C=O) groups excluding carboxylic acids is 1. The van der Waals surface area contributed by atoms with Crippen LogP contribution >= 0.6 is 11.6 Å². The summed E-state index contributed by atoms with van der Waals surface area (Å²) in [4.78, 5) is 31.3. The van der Waals surface area contributed by atoms with Crippen LogP contribution in [0.5, 0.6) is 0 Å². The average molecular weight is 273 g/mol. The Morgan fingerprint density at radius 3 is 2.78 bits per heavy atom. The predicted octanol–water partition coefficient (Wildman–Crippen LogP) is 1.15. The highest BCUT2D eigenvalue weighted by Crippen LogP contribution is 2.21. The zero-order valence-corrected chi connectivity index (χ0v) is 10.8. The van der Waals surface area contributed by atoms with Crippen LogP contribution in [0.3, 0.4) is 0 Å². The number of nitrogens with zero attached hydrogens (tertiary/aromatic N) is 5. The summed E-state index contributed by atoms with van der Waals surface area (Å²) in [6.07, 6.45) is 1.40. The van der Waals surface area contributed by atoms with E-state index in [9.17, 15) is 9.70 Å². The van der Waals surface area contributed by atoms with Gasteiger partial charge in [0.15, 0.2) is 5.82 Å². The van der Waals surface area contributed by atoms with Crippen LogP contribution in [-0.4, -0.2) is 40.5 Å². The highest BCUT2D eigenvalue weighted by molar-refractivity contribution is 6.18. The Kier molecular flexibility index (Phi) is 4.78. The molecule has 0 radical (unpaired) electrons. The average Bonchev–Trinajstić information content (AvgIpc) is 2.35. The van der Waals surface area contributed by atoms with E-state index in [4.69, 9.17) is 17.3 Å². The van der Waals surface area contributed by atoms with Gasteiger partial charge in [-0.1, -0.05) is 0 Å². The molecule has 0 bridgehead atoms. The van der Waals surface area contributed by atoms with Gasteiger partial charge in [-0.2, -0.15) is 5.01 Å². The number of nitrogens with two attached hydrogens (primary N) is 1. The van der Waals surface area contributed by atoms with Crippen molar-refractivity contribution in [2.75, 3.05) is 30.1 Å². The molecule has 2 amide bonds. The number of aromatic nitrogens is 2. The second-order valence-corrected chi connectivity index (χ2v) is 3.79. The van der Waals surface area contributed by atoms with E-state index in [1.807, 2.05) is 0 Å². The molecule has 0 saturated carbocycles. The van der Waals surface area contributed by atoms with Crippen LogP contribution in [0.4, 0.5) is 16.3 Å². The third kappa shape index (κ3) is 3.04.